The van der Waals surface area contributed by atoms with Crippen LogP contribution in [-0.2, 0) is 11.2 Å². The Bertz CT molecular complexity index is 698. The molecular weight excluding hydrogens is 334 g/mol. The molecule has 25 heavy (non-hydrogen) atoms. The number of aromatic nitrogens is 2. The molecule has 0 unspecified atom stereocenters. The molecular formula is C18H25N5OS. The zero-order valence-electron chi connectivity index (χ0n) is 14.8. The molecule has 0 spiro atoms. The van der Waals surface area contributed by atoms with E-state index in [4.69, 9.17) is 11.5 Å². The molecule has 0 aliphatic rings. The maximum atomic E-state index is 12.3. The molecule has 0 saturated carbocycles. The van der Waals surface area contributed by atoms with Gasteiger partial charge in [0.25, 0.3) is 0 Å². The van der Waals surface area contributed by atoms with Gasteiger partial charge in [-0.25, -0.2) is 9.97 Å². The predicted octanol–water partition coefficient (Wildman–Crippen LogP) is 2.81. The number of nitrogen functional groups attached to an aromatic ring is 2. The number of hydrogen-bond donors (Lipinski definition) is 3. The van der Waals surface area contributed by atoms with Gasteiger partial charge in [0.05, 0.1) is 11.8 Å². The van der Waals surface area contributed by atoms with Crippen molar-refractivity contribution in [1.29, 1.82) is 0 Å². The van der Waals surface area contributed by atoms with E-state index in [0.29, 0.717) is 16.8 Å². The van der Waals surface area contributed by atoms with E-state index in [1.165, 1.54) is 23.4 Å². The number of anilines is 2. The van der Waals surface area contributed by atoms with Gasteiger partial charge in [-0.1, -0.05) is 56.8 Å². The van der Waals surface area contributed by atoms with E-state index in [1.807, 2.05) is 0 Å². The normalized spacial score (nSPS) is 12.2. The maximum absolute atomic E-state index is 12.3. The number of carbonyl (C=O) groups is 1. The van der Waals surface area contributed by atoms with E-state index < -0.39 is 0 Å². The number of thioether (sulfide) groups is 1. The molecule has 0 saturated heterocycles. The second kappa shape index (κ2) is 8.71. The van der Waals surface area contributed by atoms with Gasteiger partial charge in [0.2, 0.25) is 5.91 Å². The van der Waals surface area contributed by atoms with E-state index in [1.54, 1.807) is 0 Å². The summed E-state index contributed by atoms with van der Waals surface area (Å²) >= 11 is 1.22. The summed E-state index contributed by atoms with van der Waals surface area (Å²) in [5, 5.41) is 3.50. The topological polar surface area (TPSA) is 107 Å². The SMILES string of the molecule is CCc1ccc([C@H](NC(=O)CSc2nc(N)cc(N)n2)C(C)C)cc1. The number of amides is 1. The second-order valence-corrected chi connectivity index (χ2v) is 7.12. The van der Waals surface area contributed by atoms with Gasteiger partial charge in [-0.05, 0) is 23.5 Å². The molecule has 1 atom stereocenters. The third kappa shape index (κ3) is 5.63. The van der Waals surface area contributed by atoms with Gasteiger partial charge in [0, 0.05) is 6.07 Å². The van der Waals surface area contributed by atoms with Crippen LogP contribution in [0.1, 0.15) is 37.9 Å². The number of nitrogens with one attached hydrogen (secondary N) is 1. The van der Waals surface area contributed by atoms with Crippen LogP contribution in [0, 0.1) is 5.92 Å². The van der Waals surface area contributed by atoms with Crippen molar-refractivity contribution >= 4 is 29.3 Å². The lowest BCUT2D eigenvalue weighted by molar-refractivity contribution is -0.119. The molecule has 6 nitrogen and oxygen atoms in total. The zero-order valence-corrected chi connectivity index (χ0v) is 15.6. The fourth-order valence-electron chi connectivity index (χ4n) is 2.47. The third-order valence-corrected chi connectivity index (χ3v) is 4.66. The number of carbonyl (C=O) groups excluding carboxylic acids is 1. The van der Waals surface area contributed by atoms with Crippen LogP contribution in [0.4, 0.5) is 11.6 Å². The van der Waals surface area contributed by atoms with Crippen LogP contribution in [0.15, 0.2) is 35.5 Å². The molecule has 1 aromatic carbocycles. The molecule has 5 N–H and O–H groups in total. The van der Waals surface area contributed by atoms with Crippen molar-refractivity contribution in [3.05, 3.63) is 41.5 Å². The Morgan fingerprint density at radius 2 is 1.76 bits per heavy atom. The van der Waals surface area contributed by atoms with Gasteiger partial charge in [0.15, 0.2) is 5.16 Å². The van der Waals surface area contributed by atoms with Crippen molar-refractivity contribution in [1.82, 2.24) is 15.3 Å². The number of hydrogen-bond acceptors (Lipinski definition) is 6. The summed E-state index contributed by atoms with van der Waals surface area (Å²) < 4.78 is 0. The monoisotopic (exact) mass is 359 g/mol. The van der Waals surface area contributed by atoms with E-state index in [9.17, 15) is 4.79 Å². The van der Waals surface area contributed by atoms with Crippen molar-refractivity contribution in [3.63, 3.8) is 0 Å². The zero-order chi connectivity index (χ0) is 18.4. The minimum Gasteiger partial charge on any atom is -0.383 e. The molecule has 134 valence electrons. The molecule has 2 rings (SSSR count). The van der Waals surface area contributed by atoms with Gasteiger partial charge in [-0.15, -0.1) is 0 Å². The lowest BCUT2D eigenvalue weighted by Crippen LogP contribution is -2.33. The summed E-state index contributed by atoms with van der Waals surface area (Å²) in [5.41, 5.74) is 13.7. The van der Waals surface area contributed by atoms with Crippen LogP contribution in [0.3, 0.4) is 0 Å². The van der Waals surface area contributed by atoms with E-state index >= 15 is 0 Å². The third-order valence-electron chi connectivity index (χ3n) is 3.81. The Morgan fingerprint density at radius 1 is 1.16 bits per heavy atom. The Labute approximate surface area is 152 Å². The van der Waals surface area contributed by atoms with Gasteiger partial charge in [0.1, 0.15) is 11.6 Å². The number of aryl methyl sites for hydroxylation is 1. The van der Waals surface area contributed by atoms with E-state index in [2.05, 4.69) is 60.3 Å². The average Bonchev–Trinajstić information content (AvgIpc) is 2.57. The molecule has 0 aliphatic carbocycles. The minimum absolute atomic E-state index is 0.0363. The van der Waals surface area contributed by atoms with Crippen molar-refractivity contribution in [2.24, 2.45) is 5.92 Å². The van der Waals surface area contributed by atoms with E-state index in [-0.39, 0.29) is 23.6 Å². The van der Waals surface area contributed by atoms with Gasteiger partial charge in [-0.3, -0.25) is 4.79 Å². The summed E-state index contributed by atoms with van der Waals surface area (Å²) in [6.07, 6.45) is 0.999. The van der Waals surface area contributed by atoms with Crippen molar-refractivity contribution in [2.75, 3.05) is 17.2 Å². The summed E-state index contributed by atoms with van der Waals surface area (Å²) in [4.78, 5) is 20.5. The van der Waals surface area contributed by atoms with Gasteiger partial charge >= 0.3 is 0 Å². The number of rotatable bonds is 7. The molecule has 1 heterocycles. The highest BCUT2D eigenvalue weighted by molar-refractivity contribution is 7.99. The van der Waals surface area contributed by atoms with Crippen LogP contribution >= 0.6 is 11.8 Å². The van der Waals surface area contributed by atoms with Crippen LogP contribution in [0.5, 0.6) is 0 Å². The van der Waals surface area contributed by atoms with Crippen molar-refractivity contribution in [2.45, 2.75) is 38.4 Å². The van der Waals surface area contributed by atoms with Crippen LogP contribution in [0.2, 0.25) is 0 Å². The Hall–Kier alpha value is -2.28. The highest BCUT2D eigenvalue weighted by atomic mass is 32.2. The first-order valence-corrected chi connectivity index (χ1v) is 9.28. The quantitative estimate of drug-likeness (QED) is 0.518. The minimum atomic E-state index is -0.0761. The first kappa shape index (κ1) is 19.1. The molecule has 1 aromatic heterocycles. The summed E-state index contributed by atoms with van der Waals surface area (Å²) in [6.45, 7) is 6.31. The summed E-state index contributed by atoms with van der Waals surface area (Å²) in [7, 11) is 0. The van der Waals surface area contributed by atoms with E-state index in [0.717, 1.165) is 12.0 Å². The molecule has 0 bridgehead atoms. The van der Waals surface area contributed by atoms with Crippen molar-refractivity contribution < 1.29 is 4.79 Å². The fourth-order valence-corrected chi connectivity index (χ4v) is 3.15. The van der Waals surface area contributed by atoms with Crippen LogP contribution < -0.4 is 16.8 Å². The number of nitrogens with zero attached hydrogens (tertiary/aromatic N) is 2. The average molecular weight is 359 g/mol. The number of benzene rings is 1. The van der Waals surface area contributed by atoms with Crippen LogP contribution in [0.25, 0.3) is 0 Å². The molecule has 0 radical (unpaired) electrons. The van der Waals surface area contributed by atoms with Gasteiger partial charge < -0.3 is 16.8 Å². The maximum Gasteiger partial charge on any atom is 0.230 e. The lowest BCUT2D eigenvalue weighted by Gasteiger charge is -2.23. The molecule has 7 heteroatoms. The first-order valence-electron chi connectivity index (χ1n) is 8.30. The Morgan fingerprint density at radius 3 is 2.28 bits per heavy atom. The highest BCUT2D eigenvalue weighted by Gasteiger charge is 2.18. The predicted molar refractivity (Wildman–Crippen MR) is 103 cm³/mol. The highest BCUT2D eigenvalue weighted by Crippen LogP contribution is 2.23. The largest absolute Gasteiger partial charge is 0.383 e. The Kier molecular flexibility index (Phi) is 6.64. The molecule has 0 aliphatic heterocycles. The summed E-state index contributed by atoms with van der Waals surface area (Å²) in [6, 6.07) is 9.82. The standard InChI is InChI=1S/C18H25N5OS/c1-4-12-5-7-13(8-6-12)17(11(2)3)23-16(24)10-25-18-21-14(19)9-15(20)22-18/h5-9,11,17H,4,10H2,1-3H3,(H,23,24)(H4,19,20,21,22)/t17-/m1/s1. The molecule has 2 aromatic rings. The number of nitrogens with two attached hydrogens (primary N) is 2. The van der Waals surface area contributed by atoms with Crippen LogP contribution in [-0.4, -0.2) is 21.6 Å². The Balaban J connectivity index is 1.99. The molecule has 1 amide bonds. The fraction of sp³-hybridized carbons (Fsp3) is 0.389. The first-order chi connectivity index (χ1) is 11.9. The van der Waals surface area contributed by atoms with Gasteiger partial charge in [-0.2, -0.15) is 0 Å². The van der Waals surface area contributed by atoms with Crippen molar-refractivity contribution in [3.8, 4) is 0 Å². The molecule has 0 fully saturated rings. The summed E-state index contributed by atoms with van der Waals surface area (Å²) in [5.74, 6) is 1.01. The second-order valence-electron chi connectivity index (χ2n) is 6.17. The smallest absolute Gasteiger partial charge is 0.230 e. The lowest BCUT2D eigenvalue weighted by atomic mass is 9.95.